The molecule has 0 saturated heterocycles. The van der Waals surface area contributed by atoms with Gasteiger partial charge in [-0.05, 0) is 109 Å². The molecule has 1 unspecified atom stereocenters. The monoisotopic (exact) mass is 1130 g/mol. The van der Waals surface area contributed by atoms with Gasteiger partial charge in [-0.3, -0.25) is 34.6 Å². The number of sulfonamides is 1. The number of allylic oxidation sites excluding steroid dienone is 4. The number of carboxylic acid groups (broad SMARTS) is 3. The number of ketones is 3. The van der Waals surface area contributed by atoms with Gasteiger partial charge in [0.05, 0.1) is 45.6 Å². The van der Waals surface area contributed by atoms with E-state index in [2.05, 4.69) is 41.9 Å². The molecule has 376 valence electrons. The minimum absolute atomic E-state index is 0. The zero-order valence-electron chi connectivity index (χ0n) is 41.4. The number of anilines is 5. The van der Waals surface area contributed by atoms with Crippen molar-refractivity contribution >= 4 is 113 Å². The quantitative estimate of drug-likeness (QED) is 0.0126. The van der Waals surface area contributed by atoms with E-state index in [9.17, 15) is 75.4 Å². The van der Waals surface area contributed by atoms with Gasteiger partial charge >= 0.3 is 118 Å². The van der Waals surface area contributed by atoms with Crippen molar-refractivity contribution in [1.82, 2.24) is 0 Å². The molecule has 0 fully saturated rings. The fourth-order valence-electron chi connectivity index (χ4n) is 6.98. The minimum atomic E-state index is -5.36. The van der Waals surface area contributed by atoms with Crippen LogP contribution in [0.2, 0.25) is 0 Å². The second-order valence-electron chi connectivity index (χ2n) is 15.5. The van der Waals surface area contributed by atoms with Crippen molar-refractivity contribution in [3.05, 3.63) is 153 Å². The number of hydrogen-bond donors (Lipinski definition) is 6. The number of para-hydroxylation sites is 1. The third-order valence-electron chi connectivity index (χ3n) is 10.6. The van der Waals surface area contributed by atoms with E-state index >= 15 is 0 Å². The molecule has 0 heterocycles. The number of hydrazone groups is 2. The number of carboxylic acids is 3. The number of fused-ring (bicyclic) bond motifs is 1. The molecule has 2 aliphatic rings. The number of primary sulfonamides is 1. The Morgan fingerprint density at radius 3 is 1.90 bits per heavy atom. The van der Waals surface area contributed by atoms with Crippen LogP contribution in [0, 0.1) is 0 Å². The molecule has 25 nitrogen and oxygen atoms in total. The molecule has 1 amide bonds. The van der Waals surface area contributed by atoms with Crippen LogP contribution < -0.4 is 165 Å². The summed E-state index contributed by atoms with van der Waals surface area (Å²) in [5.41, 5.74) is 0.267. The van der Waals surface area contributed by atoms with Gasteiger partial charge < -0.3 is 45.4 Å². The molecule has 5 aromatic carbocycles. The van der Waals surface area contributed by atoms with Gasteiger partial charge in [-0.25, -0.2) is 13.6 Å². The summed E-state index contributed by atoms with van der Waals surface area (Å²) in [7, 11) is -9.66. The summed E-state index contributed by atoms with van der Waals surface area (Å²) in [4.78, 5) is 86.7. The first-order valence-electron chi connectivity index (χ1n) is 20.7. The molecule has 31 heteroatoms. The molecule has 0 aromatic heterocycles. The van der Waals surface area contributed by atoms with E-state index in [0.717, 1.165) is 73.7 Å². The summed E-state index contributed by atoms with van der Waals surface area (Å²) >= 11 is 0. The van der Waals surface area contributed by atoms with Gasteiger partial charge in [0.1, 0.15) is 10.6 Å². The van der Waals surface area contributed by atoms with E-state index in [1.807, 2.05) is 0 Å². The van der Waals surface area contributed by atoms with Gasteiger partial charge in [-0.2, -0.15) is 28.8 Å². The van der Waals surface area contributed by atoms with Crippen molar-refractivity contribution in [3.8, 4) is 16.9 Å². The molecule has 5 aromatic rings. The number of hydrogen-bond acceptors (Lipinski definition) is 22. The maximum absolute atomic E-state index is 14.2. The Morgan fingerprint density at radius 2 is 1.29 bits per heavy atom. The normalized spacial score (nSPS) is 14.2. The van der Waals surface area contributed by atoms with Gasteiger partial charge in [0.2, 0.25) is 27.6 Å². The summed E-state index contributed by atoms with van der Waals surface area (Å²) in [6.45, 7) is 0.958. The summed E-state index contributed by atoms with van der Waals surface area (Å²) < 4.78 is 60.4. The maximum Gasteiger partial charge on any atom is 1.00 e. The average molecular weight is 1130 g/mol. The van der Waals surface area contributed by atoms with Crippen LogP contribution in [0.25, 0.3) is 17.2 Å². The number of rotatable bonds is 17. The first-order valence-corrected chi connectivity index (χ1v) is 23.7. The standard InChI is InChI=1S/C47H35N9O16S2.4Na/c1-22(57)40(44(61)50-26-9-15-37(58)32(19-26)47(66)67)54-51-33-12-7-23(17-30(33)45(62)63)24-8-13-34(31(18-24)46(64)65)52-56-42-39(74(70,71)72)21-29-28(43(42)60)11-14-35(49-25-5-3-2-4-6-25)41(29)55-53-36-20-27(73(48,68)69)10-16-38(36)59;;;;/h2-21,40,49,52,55,58H,1H3,(H,50,61)(H,62,63)(H,64,65)(H,66,67)(H2,48,68,69)(H,70,71,72);;;;/q;4*+1/p-4. The third kappa shape index (κ3) is 15.7. The molecule has 78 heavy (non-hydrogen) atoms. The van der Waals surface area contributed by atoms with Crippen LogP contribution in [0.4, 0.5) is 34.1 Å². The Morgan fingerprint density at radius 1 is 0.679 bits per heavy atom. The minimum Gasteiger partial charge on any atom is -0.872 e. The molecule has 0 bridgehead atoms. The first-order chi connectivity index (χ1) is 34.9. The van der Waals surface area contributed by atoms with Gasteiger partial charge in [0, 0.05) is 33.6 Å². The molecule has 7 N–H and O–H groups in total. The van der Waals surface area contributed by atoms with Crippen LogP contribution in [-0.4, -0.2) is 80.0 Å². The van der Waals surface area contributed by atoms with E-state index < -0.39 is 122 Å². The Bertz CT molecular complexity index is 3740. The van der Waals surface area contributed by atoms with Crippen LogP contribution in [0.3, 0.4) is 0 Å². The third-order valence-corrected chi connectivity index (χ3v) is 12.3. The Kier molecular flexibility index (Phi) is 23.7. The molecule has 0 aliphatic heterocycles. The smallest absolute Gasteiger partial charge is 0.872 e. The van der Waals surface area contributed by atoms with Crippen LogP contribution in [-0.2, 0) is 34.5 Å². The largest absolute Gasteiger partial charge is 1.00 e. The maximum atomic E-state index is 14.2. The van der Waals surface area contributed by atoms with E-state index in [-0.39, 0.29) is 158 Å². The molecule has 7 rings (SSSR count). The average Bonchev–Trinajstić information content (AvgIpc) is 3.33. The molecular weight excluding hydrogens is 1100 g/mol. The van der Waals surface area contributed by atoms with Crippen molar-refractivity contribution in [2.24, 2.45) is 25.6 Å². The molecule has 0 radical (unpaired) electrons. The number of nitrogens with one attached hydrogen (secondary N) is 4. The molecule has 0 saturated carbocycles. The van der Waals surface area contributed by atoms with Crippen molar-refractivity contribution < 1.29 is 194 Å². The predicted octanol–water partition coefficient (Wildman–Crippen LogP) is -11.1. The fourth-order valence-corrected chi connectivity index (χ4v) is 8.16. The van der Waals surface area contributed by atoms with Gasteiger partial charge in [0.25, 0.3) is 16.0 Å². The van der Waals surface area contributed by atoms with Gasteiger partial charge in [0.15, 0.2) is 11.5 Å². The fraction of sp³-hybridized carbons (Fsp3) is 0.0426. The SMILES string of the molecule is CC(=O)C(N=Nc1ccc(-c2ccc(NN=C3C(=O)c4ccc(Nc5ccccc5)c(NN=C5C=C(S(N)(=O)=O)C=CC5=O)c4C=C3S(=O)(=O)O)c(C(=O)[O-])c2)cc1C(=O)[O-])C(=O)Nc1ccc([O-])c(C(=O)[O-])c1.[Na+].[Na+].[Na+].[Na+]. The number of carbonyl (C=O) groups is 7. The van der Waals surface area contributed by atoms with Crippen LogP contribution in [0.15, 0.2) is 146 Å². The van der Waals surface area contributed by atoms with Crippen molar-refractivity contribution in [3.63, 3.8) is 0 Å². The van der Waals surface area contributed by atoms with Crippen LogP contribution >= 0.6 is 0 Å². The number of Topliss-reactive ketones (excluding diaryl/α,β-unsaturated/α-hetero) is 2. The number of amides is 1. The summed E-state index contributed by atoms with van der Waals surface area (Å²) in [5, 5.41) is 73.6. The van der Waals surface area contributed by atoms with Crippen molar-refractivity contribution in [1.29, 1.82) is 0 Å². The van der Waals surface area contributed by atoms with E-state index in [4.69, 9.17) is 5.14 Å². The second kappa shape index (κ2) is 27.9. The number of aromatic carboxylic acids is 3. The second-order valence-corrected chi connectivity index (χ2v) is 18.5. The number of benzene rings is 5. The zero-order valence-corrected chi connectivity index (χ0v) is 51.0. The summed E-state index contributed by atoms with van der Waals surface area (Å²) in [6.07, 6.45) is 3.55. The van der Waals surface area contributed by atoms with E-state index in [0.29, 0.717) is 5.69 Å². The number of nitrogens with zero attached hydrogens (tertiary/aromatic N) is 4. The number of carbonyl (C=O) groups excluding carboxylic acids is 7. The topological polar surface area (TPSA) is 424 Å². The van der Waals surface area contributed by atoms with E-state index in [1.165, 1.54) is 24.3 Å². The Balaban J connectivity index is 0.00000400. The molecular formula is C47H31N9Na4O16S2. The zero-order chi connectivity index (χ0) is 53.8. The van der Waals surface area contributed by atoms with Gasteiger partial charge in [-0.15, -0.1) is 0 Å². The van der Waals surface area contributed by atoms with E-state index in [1.54, 1.807) is 30.3 Å². The van der Waals surface area contributed by atoms with Gasteiger partial charge in [-0.1, -0.05) is 42.1 Å². The van der Waals surface area contributed by atoms with Crippen molar-refractivity contribution in [2.45, 2.75) is 13.0 Å². The van der Waals surface area contributed by atoms with Crippen LogP contribution in [0.5, 0.6) is 5.75 Å². The number of azo groups is 1. The van der Waals surface area contributed by atoms with Crippen molar-refractivity contribution in [2.75, 3.05) is 21.5 Å². The molecule has 1 atom stereocenters. The summed E-state index contributed by atoms with van der Waals surface area (Å²) in [6, 6.07) is 18.4. The Labute approximate surface area is 530 Å². The van der Waals surface area contributed by atoms with Crippen LogP contribution in [0.1, 0.15) is 53.9 Å². The Hall–Kier alpha value is -5.83. The molecule has 2 aliphatic carbocycles. The number of nitrogens with two attached hydrogens (primary N) is 1. The predicted molar refractivity (Wildman–Crippen MR) is 256 cm³/mol. The molecule has 0 spiro atoms. The first kappa shape index (κ1) is 66.4. The summed E-state index contributed by atoms with van der Waals surface area (Å²) in [5.74, 6) is -10.4.